The van der Waals surface area contributed by atoms with Crippen LogP contribution in [0.25, 0.3) is 0 Å². The van der Waals surface area contributed by atoms with Crippen molar-refractivity contribution in [3.8, 4) is 0 Å². The van der Waals surface area contributed by atoms with E-state index in [1.54, 1.807) is 19.3 Å². The van der Waals surface area contributed by atoms with E-state index >= 15 is 0 Å². The molecule has 4 nitrogen and oxygen atoms in total. The Kier molecular flexibility index (Phi) is 3.26. The Morgan fingerprint density at radius 1 is 1.38 bits per heavy atom. The maximum atomic E-state index is 9.62. The van der Waals surface area contributed by atoms with Crippen LogP contribution in [0.4, 0.5) is 0 Å². The zero-order valence-electron chi connectivity index (χ0n) is 9.16. The number of hydrogen-bond acceptors (Lipinski definition) is 4. The zero-order chi connectivity index (χ0) is 11.5. The van der Waals surface area contributed by atoms with Crippen molar-refractivity contribution in [3.05, 3.63) is 36.3 Å². The molecular weight excluding hydrogens is 222 g/mol. The lowest BCUT2D eigenvalue weighted by Crippen LogP contribution is -1.97. The number of pyridine rings is 1. The quantitative estimate of drug-likeness (QED) is 0.884. The minimum atomic E-state index is -0.517. The number of nitrogens with zero attached hydrogens (tertiary/aromatic N) is 3. The SMILES string of the molecule is C[C@H](O)c1cccnc1Sc1nccn1C. The van der Waals surface area contributed by atoms with Crippen molar-refractivity contribution in [1.29, 1.82) is 0 Å². The monoisotopic (exact) mass is 235 g/mol. The molecule has 0 saturated heterocycles. The van der Waals surface area contributed by atoms with Gasteiger partial charge < -0.3 is 9.67 Å². The fourth-order valence-corrected chi connectivity index (χ4v) is 2.30. The number of aromatic nitrogens is 3. The Morgan fingerprint density at radius 3 is 2.81 bits per heavy atom. The van der Waals surface area contributed by atoms with E-state index in [0.717, 1.165) is 15.7 Å². The summed E-state index contributed by atoms with van der Waals surface area (Å²) in [4.78, 5) is 8.48. The van der Waals surface area contributed by atoms with Gasteiger partial charge in [-0.05, 0) is 24.8 Å². The van der Waals surface area contributed by atoms with Crippen LogP contribution in [-0.4, -0.2) is 19.6 Å². The predicted octanol–water partition coefficient (Wildman–Crippen LogP) is 2.02. The van der Waals surface area contributed by atoms with Crippen molar-refractivity contribution in [2.75, 3.05) is 0 Å². The Balaban J connectivity index is 2.31. The van der Waals surface area contributed by atoms with Crippen LogP contribution in [0.3, 0.4) is 0 Å². The van der Waals surface area contributed by atoms with Crippen molar-refractivity contribution in [2.45, 2.75) is 23.2 Å². The summed E-state index contributed by atoms with van der Waals surface area (Å²) >= 11 is 1.46. The van der Waals surface area contributed by atoms with Gasteiger partial charge in [0.05, 0.1) is 6.10 Å². The van der Waals surface area contributed by atoms with E-state index < -0.39 is 6.10 Å². The van der Waals surface area contributed by atoms with Crippen LogP contribution in [0.2, 0.25) is 0 Å². The molecule has 0 bridgehead atoms. The van der Waals surface area contributed by atoms with Crippen molar-refractivity contribution in [2.24, 2.45) is 7.05 Å². The fraction of sp³-hybridized carbons (Fsp3) is 0.273. The smallest absolute Gasteiger partial charge is 0.174 e. The maximum Gasteiger partial charge on any atom is 0.174 e. The molecule has 2 heterocycles. The maximum absolute atomic E-state index is 9.62. The number of aliphatic hydroxyl groups is 1. The van der Waals surface area contributed by atoms with E-state index in [9.17, 15) is 5.11 Å². The van der Waals surface area contributed by atoms with Gasteiger partial charge in [0.2, 0.25) is 0 Å². The topological polar surface area (TPSA) is 50.9 Å². The highest BCUT2D eigenvalue weighted by molar-refractivity contribution is 7.99. The van der Waals surface area contributed by atoms with E-state index in [4.69, 9.17) is 0 Å². The molecule has 0 fully saturated rings. The summed E-state index contributed by atoms with van der Waals surface area (Å²) in [7, 11) is 1.93. The Labute approximate surface area is 98.4 Å². The van der Waals surface area contributed by atoms with Crippen LogP contribution in [0.1, 0.15) is 18.6 Å². The molecular formula is C11H13N3OS. The third-order valence-corrected chi connectivity index (χ3v) is 3.33. The van der Waals surface area contributed by atoms with E-state index in [2.05, 4.69) is 9.97 Å². The molecule has 0 aliphatic rings. The zero-order valence-corrected chi connectivity index (χ0v) is 9.98. The van der Waals surface area contributed by atoms with Crippen molar-refractivity contribution < 1.29 is 5.11 Å². The molecule has 2 aromatic heterocycles. The van der Waals surface area contributed by atoms with Gasteiger partial charge in [-0.15, -0.1) is 0 Å². The standard InChI is InChI=1S/C11H13N3OS/c1-8(15)9-4-3-5-12-10(9)16-11-13-6-7-14(11)2/h3-8,15H,1-2H3/t8-/m0/s1. The van der Waals surface area contributed by atoms with E-state index in [1.165, 1.54) is 11.8 Å². The lowest BCUT2D eigenvalue weighted by molar-refractivity contribution is 0.195. The first-order valence-corrected chi connectivity index (χ1v) is 5.78. The average Bonchev–Trinajstić information content (AvgIpc) is 2.65. The van der Waals surface area contributed by atoms with Crippen molar-refractivity contribution >= 4 is 11.8 Å². The van der Waals surface area contributed by atoms with Gasteiger partial charge in [0.1, 0.15) is 5.03 Å². The minimum absolute atomic E-state index is 0.517. The van der Waals surface area contributed by atoms with Crippen LogP contribution in [0.5, 0.6) is 0 Å². The molecule has 0 radical (unpaired) electrons. The molecule has 0 aromatic carbocycles. The number of hydrogen-bond donors (Lipinski definition) is 1. The summed E-state index contributed by atoms with van der Waals surface area (Å²) < 4.78 is 1.92. The predicted molar refractivity (Wildman–Crippen MR) is 62.2 cm³/mol. The molecule has 1 atom stereocenters. The lowest BCUT2D eigenvalue weighted by Gasteiger charge is -2.09. The van der Waals surface area contributed by atoms with Crippen LogP contribution < -0.4 is 0 Å². The summed E-state index contributed by atoms with van der Waals surface area (Å²) in [5.41, 5.74) is 0.829. The molecule has 2 rings (SSSR count). The molecule has 0 aliphatic heterocycles. The molecule has 0 amide bonds. The second-order valence-corrected chi connectivity index (χ2v) is 4.45. The largest absolute Gasteiger partial charge is 0.389 e. The second kappa shape index (κ2) is 4.67. The van der Waals surface area contributed by atoms with Gasteiger partial charge in [-0.3, -0.25) is 0 Å². The van der Waals surface area contributed by atoms with Crippen molar-refractivity contribution in [1.82, 2.24) is 14.5 Å². The molecule has 16 heavy (non-hydrogen) atoms. The van der Waals surface area contributed by atoms with Crippen molar-refractivity contribution in [3.63, 3.8) is 0 Å². The molecule has 84 valence electrons. The third-order valence-electron chi connectivity index (χ3n) is 2.22. The summed E-state index contributed by atoms with van der Waals surface area (Å²) in [6, 6.07) is 3.70. The Hall–Kier alpha value is -1.33. The third kappa shape index (κ3) is 2.25. The normalized spacial score (nSPS) is 12.7. The molecule has 0 unspecified atom stereocenters. The Morgan fingerprint density at radius 2 is 2.19 bits per heavy atom. The van der Waals surface area contributed by atoms with E-state index in [0.29, 0.717) is 0 Å². The van der Waals surface area contributed by atoms with Crippen LogP contribution in [-0.2, 0) is 7.05 Å². The van der Waals surface area contributed by atoms with Gasteiger partial charge >= 0.3 is 0 Å². The minimum Gasteiger partial charge on any atom is -0.389 e. The summed E-state index contributed by atoms with van der Waals surface area (Å²) in [6.07, 6.45) is 4.83. The highest BCUT2D eigenvalue weighted by Crippen LogP contribution is 2.29. The van der Waals surface area contributed by atoms with Gasteiger partial charge in [-0.25, -0.2) is 9.97 Å². The number of aliphatic hydroxyl groups excluding tert-OH is 1. The van der Waals surface area contributed by atoms with Crippen LogP contribution in [0, 0.1) is 0 Å². The number of rotatable bonds is 3. The molecule has 0 spiro atoms. The number of aryl methyl sites for hydroxylation is 1. The van der Waals surface area contributed by atoms with E-state index in [-0.39, 0.29) is 0 Å². The van der Waals surface area contributed by atoms with Gasteiger partial charge in [0.15, 0.2) is 5.16 Å². The van der Waals surface area contributed by atoms with Crippen LogP contribution in [0.15, 0.2) is 40.9 Å². The van der Waals surface area contributed by atoms with Gasteiger partial charge in [0, 0.05) is 31.2 Å². The molecule has 5 heteroatoms. The van der Waals surface area contributed by atoms with E-state index in [1.807, 2.05) is 29.9 Å². The molecule has 1 N–H and O–H groups in total. The van der Waals surface area contributed by atoms with Gasteiger partial charge in [-0.1, -0.05) is 6.07 Å². The molecule has 2 aromatic rings. The van der Waals surface area contributed by atoms with Gasteiger partial charge in [0.25, 0.3) is 0 Å². The molecule has 0 saturated carbocycles. The van der Waals surface area contributed by atoms with Gasteiger partial charge in [-0.2, -0.15) is 0 Å². The lowest BCUT2D eigenvalue weighted by atomic mass is 10.2. The summed E-state index contributed by atoms with van der Waals surface area (Å²) in [5.74, 6) is 0. The summed E-state index contributed by atoms with van der Waals surface area (Å²) in [5, 5.41) is 11.3. The number of imidazole rings is 1. The first kappa shape index (κ1) is 11.2. The molecule has 0 aliphatic carbocycles. The highest BCUT2D eigenvalue weighted by atomic mass is 32.2. The average molecular weight is 235 g/mol. The van der Waals surface area contributed by atoms with Crippen LogP contribution >= 0.6 is 11.8 Å². The first-order valence-electron chi connectivity index (χ1n) is 4.96. The Bertz CT molecular complexity index is 482. The second-order valence-electron chi connectivity index (χ2n) is 3.50. The highest BCUT2D eigenvalue weighted by Gasteiger charge is 2.11. The summed E-state index contributed by atoms with van der Waals surface area (Å²) in [6.45, 7) is 1.74. The fourth-order valence-electron chi connectivity index (χ4n) is 1.34. The first-order chi connectivity index (χ1) is 7.68.